The molecule has 1 aromatic rings. The van der Waals surface area contributed by atoms with Crippen LogP contribution in [-0.4, -0.2) is 29.7 Å². The average Bonchev–Trinajstić information content (AvgIpc) is 2.21. The Morgan fingerprint density at radius 1 is 1.40 bits per heavy atom. The maximum Gasteiger partial charge on any atom is 0.123 e. The van der Waals surface area contributed by atoms with Gasteiger partial charge in [0, 0.05) is 13.1 Å². The summed E-state index contributed by atoms with van der Waals surface area (Å²) < 4.78 is 12.9. The van der Waals surface area contributed by atoms with Crippen molar-refractivity contribution in [1.82, 2.24) is 4.90 Å². The Kier molecular flexibility index (Phi) is 4.72. The number of rotatable bonds is 5. The van der Waals surface area contributed by atoms with Gasteiger partial charge in [-0.05, 0) is 36.7 Å². The van der Waals surface area contributed by atoms with E-state index in [2.05, 4.69) is 11.8 Å². The summed E-state index contributed by atoms with van der Waals surface area (Å²) in [6.45, 7) is 6.43. The van der Waals surface area contributed by atoms with Crippen molar-refractivity contribution in [2.45, 2.75) is 20.4 Å². The van der Waals surface area contributed by atoms with Gasteiger partial charge in [0.1, 0.15) is 5.82 Å². The van der Waals surface area contributed by atoms with E-state index in [1.165, 1.54) is 6.07 Å². The van der Waals surface area contributed by atoms with Crippen LogP contribution in [0, 0.1) is 12.7 Å². The molecule has 0 atom stereocenters. The highest BCUT2D eigenvalue weighted by atomic mass is 19.1. The van der Waals surface area contributed by atoms with E-state index < -0.39 is 0 Å². The molecule has 84 valence electrons. The second-order valence-corrected chi connectivity index (χ2v) is 3.66. The van der Waals surface area contributed by atoms with Crippen molar-refractivity contribution in [3.63, 3.8) is 0 Å². The van der Waals surface area contributed by atoms with Crippen LogP contribution in [0.3, 0.4) is 0 Å². The summed E-state index contributed by atoms with van der Waals surface area (Å²) in [5, 5.41) is 8.86. The van der Waals surface area contributed by atoms with Crippen molar-refractivity contribution in [2.75, 3.05) is 19.7 Å². The molecule has 15 heavy (non-hydrogen) atoms. The maximum absolute atomic E-state index is 12.9. The molecule has 0 amide bonds. The quantitative estimate of drug-likeness (QED) is 0.804. The number of nitrogens with zero attached hydrogens (tertiary/aromatic N) is 1. The van der Waals surface area contributed by atoms with E-state index in [-0.39, 0.29) is 12.4 Å². The van der Waals surface area contributed by atoms with Gasteiger partial charge >= 0.3 is 0 Å². The van der Waals surface area contributed by atoms with Crippen LogP contribution in [0.4, 0.5) is 4.39 Å². The first-order chi connectivity index (χ1) is 7.17. The molecule has 3 heteroatoms. The zero-order valence-corrected chi connectivity index (χ0v) is 9.33. The van der Waals surface area contributed by atoms with Crippen LogP contribution in [0.1, 0.15) is 18.1 Å². The molecule has 0 aliphatic heterocycles. The normalized spacial score (nSPS) is 11.0. The van der Waals surface area contributed by atoms with Gasteiger partial charge in [0.05, 0.1) is 6.61 Å². The fourth-order valence-corrected chi connectivity index (χ4v) is 1.57. The van der Waals surface area contributed by atoms with E-state index in [4.69, 9.17) is 5.11 Å². The van der Waals surface area contributed by atoms with Gasteiger partial charge in [-0.3, -0.25) is 4.90 Å². The van der Waals surface area contributed by atoms with Gasteiger partial charge in [-0.25, -0.2) is 4.39 Å². The van der Waals surface area contributed by atoms with Crippen LogP contribution in [0.15, 0.2) is 18.2 Å². The Hall–Kier alpha value is -0.930. The molecule has 0 spiro atoms. The highest BCUT2D eigenvalue weighted by molar-refractivity contribution is 5.26. The van der Waals surface area contributed by atoms with Crippen molar-refractivity contribution in [3.05, 3.63) is 35.1 Å². The number of aliphatic hydroxyl groups is 1. The third-order valence-corrected chi connectivity index (χ3v) is 2.56. The van der Waals surface area contributed by atoms with Gasteiger partial charge in [0.2, 0.25) is 0 Å². The van der Waals surface area contributed by atoms with E-state index in [9.17, 15) is 4.39 Å². The molecule has 0 saturated heterocycles. The van der Waals surface area contributed by atoms with Crippen LogP contribution >= 0.6 is 0 Å². The fourth-order valence-electron chi connectivity index (χ4n) is 1.57. The van der Waals surface area contributed by atoms with Crippen molar-refractivity contribution in [3.8, 4) is 0 Å². The number of benzene rings is 1. The van der Waals surface area contributed by atoms with Gasteiger partial charge in [0.25, 0.3) is 0 Å². The number of hydrogen-bond donors (Lipinski definition) is 1. The molecule has 0 unspecified atom stereocenters. The summed E-state index contributed by atoms with van der Waals surface area (Å²) in [7, 11) is 0. The highest BCUT2D eigenvalue weighted by Crippen LogP contribution is 2.12. The summed E-state index contributed by atoms with van der Waals surface area (Å²) in [4.78, 5) is 2.13. The van der Waals surface area contributed by atoms with Gasteiger partial charge in [-0.1, -0.05) is 13.0 Å². The number of hydrogen-bond acceptors (Lipinski definition) is 2. The molecular weight excluding hydrogens is 193 g/mol. The second-order valence-electron chi connectivity index (χ2n) is 3.66. The lowest BCUT2D eigenvalue weighted by atomic mass is 10.1. The molecule has 0 heterocycles. The Bertz CT molecular complexity index is 314. The number of aryl methyl sites for hydroxylation is 1. The van der Waals surface area contributed by atoms with Gasteiger partial charge in [-0.2, -0.15) is 0 Å². The summed E-state index contributed by atoms with van der Waals surface area (Å²) in [6.07, 6.45) is 0. The second kappa shape index (κ2) is 5.83. The lowest BCUT2D eigenvalue weighted by molar-refractivity contribution is 0.196. The highest BCUT2D eigenvalue weighted by Gasteiger charge is 2.05. The maximum atomic E-state index is 12.9. The predicted octanol–water partition coefficient (Wildman–Crippen LogP) is 1.95. The average molecular weight is 211 g/mol. The van der Waals surface area contributed by atoms with Crippen LogP contribution in [0.25, 0.3) is 0 Å². The van der Waals surface area contributed by atoms with Crippen molar-refractivity contribution >= 4 is 0 Å². The zero-order chi connectivity index (χ0) is 11.3. The molecule has 0 radical (unpaired) electrons. The lowest BCUT2D eigenvalue weighted by Gasteiger charge is -2.20. The first-order valence-electron chi connectivity index (χ1n) is 5.25. The minimum atomic E-state index is -0.193. The Morgan fingerprint density at radius 2 is 2.13 bits per heavy atom. The Labute approximate surface area is 90.3 Å². The third-order valence-electron chi connectivity index (χ3n) is 2.56. The minimum Gasteiger partial charge on any atom is -0.395 e. The largest absolute Gasteiger partial charge is 0.395 e. The van der Waals surface area contributed by atoms with Crippen molar-refractivity contribution in [1.29, 1.82) is 0 Å². The Balaban J connectivity index is 2.70. The zero-order valence-electron chi connectivity index (χ0n) is 9.33. The standard InChI is InChI=1S/C12H18FNO/c1-3-14(6-7-15)9-11-4-5-12(13)8-10(11)2/h4-5,8,15H,3,6-7,9H2,1-2H3. The van der Waals surface area contributed by atoms with Gasteiger partial charge in [0.15, 0.2) is 0 Å². The SMILES string of the molecule is CCN(CCO)Cc1ccc(F)cc1C. The number of likely N-dealkylation sites (N-methyl/N-ethyl adjacent to an activating group) is 1. The predicted molar refractivity (Wildman–Crippen MR) is 59.2 cm³/mol. The molecule has 1 rings (SSSR count). The van der Waals surface area contributed by atoms with Crippen LogP contribution in [0.2, 0.25) is 0 Å². The molecule has 0 saturated carbocycles. The number of halogens is 1. The van der Waals surface area contributed by atoms with Crippen LogP contribution in [-0.2, 0) is 6.54 Å². The smallest absolute Gasteiger partial charge is 0.123 e. The fraction of sp³-hybridized carbons (Fsp3) is 0.500. The first kappa shape index (κ1) is 12.1. The molecule has 0 aliphatic rings. The van der Waals surface area contributed by atoms with Gasteiger partial charge < -0.3 is 5.11 Å². The molecule has 1 N–H and O–H groups in total. The topological polar surface area (TPSA) is 23.5 Å². The molecule has 0 bridgehead atoms. The summed E-state index contributed by atoms with van der Waals surface area (Å²) in [5.41, 5.74) is 2.08. The van der Waals surface area contributed by atoms with E-state index in [1.807, 2.05) is 13.0 Å². The molecule has 0 fully saturated rings. The summed E-state index contributed by atoms with van der Waals surface area (Å²) in [6, 6.07) is 4.84. The molecule has 0 aromatic heterocycles. The van der Waals surface area contributed by atoms with E-state index in [0.29, 0.717) is 6.54 Å². The molecular formula is C12H18FNO. The minimum absolute atomic E-state index is 0.161. The monoisotopic (exact) mass is 211 g/mol. The summed E-state index contributed by atoms with van der Waals surface area (Å²) >= 11 is 0. The van der Waals surface area contributed by atoms with Crippen LogP contribution < -0.4 is 0 Å². The molecule has 1 aromatic carbocycles. The van der Waals surface area contributed by atoms with E-state index in [1.54, 1.807) is 6.07 Å². The third kappa shape index (κ3) is 3.61. The molecule has 0 aliphatic carbocycles. The lowest BCUT2D eigenvalue weighted by Crippen LogP contribution is -2.26. The molecule has 2 nitrogen and oxygen atoms in total. The summed E-state index contributed by atoms with van der Waals surface area (Å²) in [5.74, 6) is -0.193. The Morgan fingerprint density at radius 3 is 2.67 bits per heavy atom. The number of aliphatic hydroxyl groups excluding tert-OH is 1. The van der Waals surface area contributed by atoms with Crippen LogP contribution in [0.5, 0.6) is 0 Å². The van der Waals surface area contributed by atoms with Crippen molar-refractivity contribution in [2.24, 2.45) is 0 Å². The van der Waals surface area contributed by atoms with Gasteiger partial charge in [-0.15, -0.1) is 0 Å². The van der Waals surface area contributed by atoms with E-state index >= 15 is 0 Å². The van der Waals surface area contributed by atoms with E-state index in [0.717, 1.165) is 24.2 Å². The van der Waals surface area contributed by atoms with Crippen molar-refractivity contribution < 1.29 is 9.50 Å². The first-order valence-corrected chi connectivity index (χ1v) is 5.25.